The Morgan fingerprint density at radius 2 is 1.88 bits per heavy atom. The van der Waals surface area contributed by atoms with Crippen LogP contribution in [0.2, 0.25) is 0 Å². The molecule has 6 heteroatoms. The summed E-state index contributed by atoms with van der Waals surface area (Å²) in [5.41, 5.74) is 3.58. The van der Waals surface area contributed by atoms with Crippen LogP contribution in [0.4, 0.5) is 0 Å². The van der Waals surface area contributed by atoms with Crippen molar-refractivity contribution >= 4 is 12.4 Å². The molecule has 3 aliphatic heterocycles. The lowest BCUT2D eigenvalue weighted by Crippen LogP contribution is -2.64. The van der Waals surface area contributed by atoms with Crippen LogP contribution in [0.15, 0.2) is 48.7 Å². The minimum atomic E-state index is -0.250. The summed E-state index contributed by atoms with van der Waals surface area (Å²) in [6, 6.07) is 15.9. The Bertz CT molecular complexity index is 918. The van der Waals surface area contributed by atoms with Crippen molar-refractivity contribution in [3.63, 3.8) is 0 Å². The fourth-order valence-corrected chi connectivity index (χ4v) is 6.24. The van der Waals surface area contributed by atoms with Gasteiger partial charge in [-0.1, -0.05) is 43.7 Å². The van der Waals surface area contributed by atoms with Crippen LogP contribution >= 0.6 is 0 Å². The monoisotopic (exact) mass is 449 g/mol. The molecule has 0 unspecified atom stereocenters. The van der Waals surface area contributed by atoms with Crippen molar-refractivity contribution in [1.82, 2.24) is 14.8 Å². The fourth-order valence-electron chi connectivity index (χ4n) is 6.24. The topological polar surface area (TPSA) is 73.7 Å². The minimum Gasteiger partial charge on any atom is -0.483 e. The lowest BCUT2D eigenvalue weighted by Gasteiger charge is -2.57. The summed E-state index contributed by atoms with van der Waals surface area (Å²) >= 11 is 0. The molecule has 1 aromatic heterocycles. The van der Waals surface area contributed by atoms with Crippen LogP contribution in [0.1, 0.15) is 51.0 Å². The molecule has 2 bridgehead atoms. The largest absolute Gasteiger partial charge is 0.483 e. The van der Waals surface area contributed by atoms with E-state index in [-0.39, 0.29) is 6.47 Å². The molecule has 0 saturated carbocycles. The summed E-state index contributed by atoms with van der Waals surface area (Å²) in [5, 5.41) is 6.89. The zero-order valence-electron chi connectivity index (χ0n) is 19.5. The van der Waals surface area contributed by atoms with Crippen LogP contribution < -0.4 is 0 Å². The summed E-state index contributed by atoms with van der Waals surface area (Å²) in [7, 11) is 0. The highest BCUT2D eigenvalue weighted by Gasteiger charge is 2.48. The summed E-state index contributed by atoms with van der Waals surface area (Å²) in [5.74, 6) is 1.71. The standard InChI is InChI=1S/C26H33N3O.CH2O2/c1-2-6-24-21-15-22(25-8-5-9-26(30)29(24)25)18-28(17-21)16-19-10-12-20(13-11-19)23-7-3-4-14-27-23;2-1-3/h3-4,7,10-14,21-22,24-25H,2,5-6,8-9,15-18H2,1H3;1H,(H,2,3)/t21-,22+,24-,25-;/m0./s1. The summed E-state index contributed by atoms with van der Waals surface area (Å²) in [6.07, 6.45) is 8.53. The van der Waals surface area contributed by atoms with Crippen molar-refractivity contribution in [2.45, 2.75) is 64.1 Å². The fraction of sp³-hybridized carbons (Fsp3) is 0.519. The number of amides is 1. The molecular formula is C27H35N3O3. The second-order valence-electron chi connectivity index (χ2n) is 9.58. The third kappa shape index (κ3) is 5.27. The molecule has 1 aromatic carbocycles. The molecule has 0 spiro atoms. The van der Waals surface area contributed by atoms with Gasteiger partial charge in [-0.3, -0.25) is 19.5 Å². The maximum Gasteiger partial charge on any atom is 0.290 e. The molecule has 0 aliphatic carbocycles. The number of nitrogens with zero attached hydrogens (tertiary/aromatic N) is 3. The smallest absolute Gasteiger partial charge is 0.290 e. The first-order valence-corrected chi connectivity index (χ1v) is 12.3. The van der Waals surface area contributed by atoms with Gasteiger partial charge in [0.15, 0.2) is 0 Å². The van der Waals surface area contributed by atoms with Crippen molar-refractivity contribution in [2.24, 2.45) is 11.8 Å². The highest BCUT2D eigenvalue weighted by molar-refractivity contribution is 5.78. The zero-order valence-corrected chi connectivity index (χ0v) is 19.5. The number of aromatic nitrogens is 1. The number of fused-ring (bicyclic) bond motifs is 4. The third-order valence-corrected chi connectivity index (χ3v) is 7.48. The van der Waals surface area contributed by atoms with Crippen molar-refractivity contribution in [2.75, 3.05) is 13.1 Å². The number of benzene rings is 1. The van der Waals surface area contributed by atoms with Gasteiger partial charge in [0.2, 0.25) is 5.91 Å². The number of carbonyl (C=O) groups excluding carboxylic acids is 1. The number of hydrogen-bond donors (Lipinski definition) is 1. The molecular weight excluding hydrogens is 414 g/mol. The van der Waals surface area contributed by atoms with E-state index in [1.807, 2.05) is 18.3 Å². The molecule has 2 aromatic rings. The van der Waals surface area contributed by atoms with Crippen LogP contribution in [-0.2, 0) is 16.1 Å². The van der Waals surface area contributed by atoms with Gasteiger partial charge >= 0.3 is 0 Å². The van der Waals surface area contributed by atoms with Gasteiger partial charge in [0.25, 0.3) is 6.47 Å². The van der Waals surface area contributed by atoms with Crippen LogP contribution in [0, 0.1) is 11.8 Å². The normalized spacial score (nSPS) is 26.7. The van der Waals surface area contributed by atoms with Crippen molar-refractivity contribution in [3.05, 3.63) is 54.2 Å². The molecule has 1 amide bonds. The second-order valence-corrected chi connectivity index (χ2v) is 9.58. The van der Waals surface area contributed by atoms with Gasteiger partial charge in [0.1, 0.15) is 0 Å². The predicted octanol–water partition coefficient (Wildman–Crippen LogP) is 4.45. The van der Waals surface area contributed by atoms with E-state index in [4.69, 9.17) is 9.90 Å². The molecule has 3 aliphatic rings. The first-order chi connectivity index (χ1) is 16.1. The van der Waals surface area contributed by atoms with Gasteiger partial charge in [-0.15, -0.1) is 0 Å². The number of piperidine rings is 3. The molecule has 4 atom stereocenters. The van der Waals surface area contributed by atoms with E-state index in [0.717, 1.165) is 51.0 Å². The number of hydrogen-bond acceptors (Lipinski definition) is 4. The number of rotatable bonds is 5. The quantitative estimate of drug-likeness (QED) is 0.683. The maximum atomic E-state index is 12.8. The number of pyridine rings is 1. The Hall–Kier alpha value is -2.73. The lowest BCUT2D eigenvalue weighted by atomic mass is 9.71. The van der Waals surface area contributed by atoms with Crippen LogP contribution in [-0.4, -0.2) is 57.4 Å². The summed E-state index contributed by atoms with van der Waals surface area (Å²) in [4.78, 5) is 30.6. The Kier molecular flexibility index (Phi) is 7.76. The van der Waals surface area contributed by atoms with Crippen LogP contribution in [0.25, 0.3) is 11.3 Å². The van der Waals surface area contributed by atoms with E-state index in [9.17, 15) is 4.79 Å². The molecule has 3 fully saturated rings. The average Bonchev–Trinajstić information content (AvgIpc) is 2.83. The molecule has 33 heavy (non-hydrogen) atoms. The SMILES string of the molecule is CCC[C@H]1[C@H]2C[C@H](CN(Cc3ccc(-c4ccccn4)cc3)C2)[C@@H]2CCCC(=O)N21.O=CO. The van der Waals surface area contributed by atoms with E-state index in [1.54, 1.807) is 0 Å². The van der Waals surface area contributed by atoms with E-state index >= 15 is 0 Å². The number of carbonyl (C=O) groups is 2. The first-order valence-electron chi connectivity index (χ1n) is 12.3. The molecule has 176 valence electrons. The van der Waals surface area contributed by atoms with Gasteiger partial charge in [-0.05, 0) is 55.2 Å². The number of likely N-dealkylation sites (tertiary alicyclic amines) is 1. The highest BCUT2D eigenvalue weighted by atomic mass is 16.3. The van der Waals surface area contributed by atoms with Gasteiger partial charge < -0.3 is 10.0 Å². The Balaban J connectivity index is 0.000000821. The average molecular weight is 450 g/mol. The molecule has 0 radical (unpaired) electrons. The number of carboxylic acid groups (broad SMARTS) is 1. The van der Waals surface area contributed by atoms with Crippen LogP contribution in [0.3, 0.4) is 0 Å². The predicted molar refractivity (Wildman–Crippen MR) is 128 cm³/mol. The third-order valence-electron chi connectivity index (χ3n) is 7.48. The van der Waals surface area contributed by atoms with Crippen molar-refractivity contribution in [1.29, 1.82) is 0 Å². The Labute approximate surface area is 196 Å². The first kappa shape index (κ1) is 23.4. The Morgan fingerprint density at radius 1 is 1.12 bits per heavy atom. The molecule has 5 rings (SSSR count). The van der Waals surface area contributed by atoms with E-state index in [1.165, 1.54) is 24.0 Å². The Morgan fingerprint density at radius 3 is 2.58 bits per heavy atom. The molecule has 6 nitrogen and oxygen atoms in total. The van der Waals surface area contributed by atoms with Gasteiger partial charge in [-0.2, -0.15) is 0 Å². The van der Waals surface area contributed by atoms with E-state index in [0.29, 0.717) is 29.8 Å². The second kappa shape index (κ2) is 10.9. The van der Waals surface area contributed by atoms with E-state index < -0.39 is 0 Å². The lowest BCUT2D eigenvalue weighted by molar-refractivity contribution is -0.153. The maximum absolute atomic E-state index is 12.8. The summed E-state index contributed by atoms with van der Waals surface area (Å²) in [6.45, 7) is 5.28. The van der Waals surface area contributed by atoms with E-state index in [2.05, 4.69) is 52.0 Å². The summed E-state index contributed by atoms with van der Waals surface area (Å²) < 4.78 is 0. The zero-order chi connectivity index (χ0) is 23.2. The highest BCUT2D eigenvalue weighted by Crippen LogP contribution is 2.43. The van der Waals surface area contributed by atoms with Crippen molar-refractivity contribution < 1.29 is 14.7 Å². The van der Waals surface area contributed by atoms with Gasteiger partial charge in [0, 0.05) is 49.9 Å². The van der Waals surface area contributed by atoms with Gasteiger partial charge in [-0.25, -0.2) is 0 Å². The van der Waals surface area contributed by atoms with Crippen LogP contribution in [0.5, 0.6) is 0 Å². The molecule has 3 saturated heterocycles. The molecule has 4 heterocycles. The van der Waals surface area contributed by atoms with Crippen molar-refractivity contribution in [3.8, 4) is 11.3 Å². The molecule has 1 N–H and O–H groups in total. The van der Waals surface area contributed by atoms with Gasteiger partial charge in [0.05, 0.1) is 5.69 Å². The minimum absolute atomic E-state index is 0.250.